The fourth-order valence-corrected chi connectivity index (χ4v) is 3.20. The molecule has 1 aliphatic rings. The molecule has 0 aromatic heterocycles. The van der Waals surface area contributed by atoms with Gasteiger partial charge in [0.25, 0.3) is 0 Å². The van der Waals surface area contributed by atoms with Crippen LogP contribution in [0.2, 0.25) is 0 Å². The summed E-state index contributed by atoms with van der Waals surface area (Å²) in [7, 11) is 0. The molecule has 0 aliphatic heterocycles. The van der Waals surface area contributed by atoms with Gasteiger partial charge in [0.05, 0.1) is 12.7 Å². The summed E-state index contributed by atoms with van der Waals surface area (Å²) < 4.78 is 20.0. The number of hydrogen-bond donors (Lipinski definition) is 1. The number of halogens is 2. The van der Waals surface area contributed by atoms with E-state index in [1.807, 2.05) is 6.07 Å². The minimum Gasteiger partial charge on any atom is -0.374 e. The largest absolute Gasteiger partial charge is 0.374 e. The highest BCUT2D eigenvalue weighted by atomic mass is 79.9. The number of hydrogen-bond acceptors (Lipinski definition) is 2. The topological polar surface area (TPSA) is 21.3 Å². The maximum Gasteiger partial charge on any atom is 0.124 e. The van der Waals surface area contributed by atoms with Gasteiger partial charge in [-0.15, -0.1) is 0 Å². The lowest BCUT2D eigenvalue weighted by Gasteiger charge is -2.29. The van der Waals surface area contributed by atoms with Crippen molar-refractivity contribution in [3.05, 3.63) is 34.1 Å². The second-order valence-electron chi connectivity index (χ2n) is 5.52. The van der Waals surface area contributed by atoms with Gasteiger partial charge in [0.15, 0.2) is 0 Å². The number of rotatable bonds is 6. The van der Waals surface area contributed by atoms with Crippen LogP contribution >= 0.6 is 15.9 Å². The van der Waals surface area contributed by atoms with E-state index < -0.39 is 0 Å². The van der Waals surface area contributed by atoms with Gasteiger partial charge < -0.3 is 10.1 Å². The maximum atomic E-state index is 13.3. The molecule has 0 atom stereocenters. The van der Waals surface area contributed by atoms with Crippen LogP contribution in [0.15, 0.2) is 22.7 Å². The highest BCUT2D eigenvalue weighted by molar-refractivity contribution is 9.10. The monoisotopic (exact) mass is 343 g/mol. The van der Waals surface area contributed by atoms with Crippen molar-refractivity contribution in [2.45, 2.75) is 57.8 Å². The van der Waals surface area contributed by atoms with E-state index in [1.54, 1.807) is 6.07 Å². The molecule has 20 heavy (non-hydrogen) atoms. The van der Waals surface area contributed by atoms with Crippen LogP contribution in [0.5, 0.6) is 0 Å². The van der Waals surface area contributed by atoms with E-state index in [-0.39, 0.29) is 5.82 Å². The molecule has 0 radical (unpaired) electrons. The molecule has 1 aromatic rings. The van der Waals surface area contributed by atoms with Crippen LogP contribution < -0.4 is 5.32 Å². The Morgan fingerprint density at radius 2 is 2.00 bits per heavy atom. The third-order valence-corrected chi connectivity index (χ3v) is 4.22. The van der Waals surface area contributed by atoms with Crippen LogP contribution in [0, 0.1) is 5.82 Å². The molecule has 0 spiro atoms. The molecular weight excluding hydrogens is 321 g/mol. The average Bonchev–Trinajstić information content (AvgIpc) is 2.43. The molecule has 1 aromatic carbocycles. The molecule has 1 saturated carbocycles. The molecule has 0 bridgehead atoms. The van der Waals surface area contributed by atoms with Gasteiger partial charge in [0.2, 0.25) is 0 Å². The summed E-state index contributed by atoms with van der Waals surface area (Å²) in [5.74, 6) is -0.217. The summed E-state index contributed by atoms with van der Waals surface area (Å²) in [4.78, 5) is 0. The molecule has 0 heterocycles. The van der Waals surface area contributed by atoms with Crippen LogP contribution in [0.25, 0.3) is 0 Å². The van der Waals surface area contributed by atoms with E-state index in [0.717, 1.165) is 29.4 Å². The van der Waals surface area contributed by atoms with Crippen molar-refractivity contribution in [3.8, 4) is 0 Å². The normalized spacial score (nSPS) is 22.9. The van der Waals surface area contributed by atoms with E-state index in [1.165, 1.54) is 25.3 Å². The number of benzene rings is 1. The van der Waals surface area contributed by atoms with Crippen LogP contribution in [0.1, 0.15) is 44.6 Å². The molecule has 1 aliphatic carbocycles. The fourth-order valence-electron chi connectivity index (χ4n) is 2.69. The van der Waals surface area contributed by atoms with E-state index >= 15 is 0 Å². The van der Waals surface area contributed by atoms with Crippen LogP contribution in [-0.4, -0.2) is 18.7 Å². The van der Waals surface area contributed by atoms with Crippen molar-refractivity contribution in [1.82, 2.24) is 5.32 Å². The van der Waals surface area contributed by atoms with E-state index in [0.29, 0.717) is 18.8 Å². The third-order valence-electron chi connectivity index (χ3n) is 3.77. The maximum absolute atomic E-state index is 13.3. The first-order valence-electron chi connectivity index (χ1n) is 7.47. The lowest BCUT2D eigenvalue weighted by atomic mass is 9.93. The van der Waals surface area contributed by atoms with Crippen LogP contribution in [0.4, 0.5) is 4.39 Å². The molecule has 2 nitrogen and oxygen atoms in total. The summed E-state index contributed by atoms with van der Waals surface area (Å²) in [5.41, 5.74) is 0.892. The lowest BCUT2D eigenvalue weighted by molar-refractivity contribution is 0.0112. The van der Waals surface area contributed by atoms with Crippen molar-refractivity contribution in [1.29, 1.82) is 0 Å². The van der Waals surface area contributed by atoms with Crippen molar-refractivity contribution in [2.75, 3.05) is 6.54 Å². The average molecular weight is 344 g/mol. The standard InChI is InChI=1S/C16H23BrFNO/c1-2-7-19-15-3-5-16(6-4-15)20-11-12-8-13(17)10-14(18)9-12/h8-10,15-16,19H,2-7,11H2,1H3. The first-order valence-corrected chi connectivity index (χ1v) is 8.26. The SMILES string of the molecule is CCCNC1CCC(OCc2cc(F)cc(Br)c2)CC1. The minimum atomic E-state index is -0.217. The van der Waals surface area contributed by atoms with E-state index in [4.69, 9.17) is 4.74 Å². The second kappa shape index (κ2) is 8.11. The Labute approximate surface area is 129 Å². The smallest absolute Gasteiger partial charge is 0.124 e. The lowest BCUT2D eigenvalue weighted by Crippen LogP contribution is -2.35. The van der Waals surface area contributed by atoms with Crippen molar-refractivity contribution in [2.24, 2.45) is 0 Å². The van der Waals surface area contributed by atoms with E-state index in [2.05, 4.69) is 28.2 Å². The summed E-state index contributed by atoms with van der Waals surface area (Å²) >= 11 is 3.31. The zero-order valence-corrected chi connectivity index (χ0v) is 13.6. The highest BCUT2D eigenvalue weighted by Gasteiger charge is 2.21. The second-order valence-corrected chi connectivity index (χ2v) is 6.43. The molecular formula is C16H23BrFNO. The van der Waals surface area contributed by atoms with Crippen LogP contribution in [0.3, 0.4) is 0 Å². The first-order chi connectivity index (χ1) is 9.67. The molecule has 1 fully saturated rings. The zero-order chi connectivity index (χ0) is 14.4. The quantitative estimate of drug-likeness (QED) is 0.825. The first kappa shape index (κ1) is 15.9. The minimum absolute atomic E-state index is 0.217. The molecule has 1 N–H and O–H groups in total. The van der Waals surface area contributed by atoms with Crippen molar-refractivity contribution >= 4 is 15.9 Å². The summed E-state index contributed by atoms with van der Waals surface area (Å²) in [6.07, 6.45) is 6.05. The van der Waals surface area contributed by atoms with Gasteiger partial charge in [-0.05, 0) is 62.4 Å². The number of nitrogens with one attached hydrogen (secondary N) is 1. The molecule has 4 heteroatoms. The molecule has 0 unspecified atom stereocenters. The van der Waals surface area contributed by atoms with Gasteiger partial charge in [0, 0.05) is 10.5 Å². The predicted octanol–water partition coefficient (Wildman–Crippen LogP) is 4.42. The van der Waals surface area contributed by atoms with Gasteiger partial charge in [-0.1, -0.05) is 22.9 Å². The molecule has 0 saturated heterocycles. The Morgan fingerprint density at radius 3 is 2.65 bits per heavy atom. The van der Waals surface area contributed by atoms with E-state index in [9.17, 15) is 4.39 Å². The van der Waals surface area contributed by atoms with Crippen molar-refractivity contribution < 1.29 is 9.13 Å². The van der Waals surface area contributed by atoms with Gasteiger partial charge in [-0.25, -0.2) is 4.39 Å². The van der Waals surface area contributed by atoms with Gasteiger partial charge in [-0.2, -0.15) is 0 Å². The summed E-state index contributed by atoms with van der Waals surface area (Å²) in [5, 5.41) is 3.57. The molecule has 0 amide bonds. The van der Waals surface area contributed by atoms with Gasteiger partial charge in [-0.3, -0.25) is 0 Å². The Kier molecular flexibility index (Phi) is 6.46. The highest BCUT2D eigenvalue weighted by Crippen LogP contribution is 2.23. The van der Waals surface area contributed by atoms with Crippen molar-refractivity contribution in [3.63, 3.8) is 0 Å². The fraction of sp³-hybridized carbons (Fsp3) is 0.625. The molecule has 112 valence electrons. The molecule has 2 rings (SSSR count). The Balaban J connectivity index is 1.73. The zero-order valence-electron chi connectivity index (χ0n) is 12.0. The third kappa shape index (κ3) is 5.15. The Bertz CT molecular complexity index is 399. The summed E-state index contributed by atoms with van der Waals surface area (Å²) in [6, 6.07) is 5.57. The van der Waals surface area contributed by atoms with Gasteiger partial charge in [0.1, 0.15) is 5.82 Å². The number of ether oxygens (including phenoxy) is 1. The predicted molar refractivity (Wildman–Crippen MR) is 83.2 cm³/mol. The Hall–Kier alpha value is -0.450. The Morgan fingerprint density at radius 1 is 1.25 bits per heavy atom. The summed E-state index contributed by atoms with van der Waals surface area (Å²) in [6.45, 7) is 3.79. The van der Waals surface area contributed by atoms with Crippen LogP contribution in [-0.2, 0) is 11.3 Å². The van der Waals surface area contributed by atoms with Gasteiger partial charge >= 0.3 is 0 Å².